The molecule has 2 aromatic rings. The number of fused-ring (bicyclic) bond motifs is 1. The molecule has 1 aromatic heterocycles. The van der Waals surface area contributed by atoms with E-state index in [-0.39, 0.29) is 12.2 Å². The van der Waals surface area contributed by atoms with E-state index in [1.54, 1.807) is 25.1 Å². The van der Waals surface area contributed by atoms with Crippen LogP contribution in [0.15, 0.2) is 29.1 Å². The van der Waals surface area contributed by atoms with Crippen molar-refractivity contribution in [1.29, 1.82) is 0 Å². The summed E-state index contributed by atoms with van der Waals surface area (Å²) in [4.78, 5) is 26.2. The van der Waals surface area contributed by atoms with Crippen molar-refractivity contribution >= 4 is 16.9 Å². The molecule has 0 aliphatic heterocycles. The Bertz CT molecular complexity index is 660. The molecule has 0 spiro atoms. The van der Waals surface area contributed by atoms with Gasteiger partial charge in [-0.15, -0.1) is 0 Å². The van der Waals surface area contributed by atoms with Gasteiger partial charge in [0.1, 0.15) is 11.3 Å². The van der Waals surface area contributed by atoms with Crippen molar-refractivity contribution < 1.29 is 14.3 Å². The van der Waals surface area contributed by atoms with Crippen molar-refractivity contribution in [1.82, 2.24) is 4.98 Å². The average Bonchev–Trinajstić information content (AvgIpc) is 2.39. The number of aromatic amines is 1. The topological polar surface area (TPSA) is 68.4 Å². The number of aromatic nitrogens is 1. The van der Waals surface area contributed by atoms with E-state index in [4.69, 9.17) is 9.47 Å². The van der Waals surface area contributed by atoms with Gasteiger partial charge in [-0.3, -0.25) is 4.79 Å². The molecule has 5 nitrogen and oxygen atoms in total. The molecule has 0 unspecified atom stereocenters. The maximum Gasteiger partial charge on any atom is 0.343 e. The van der Waals surface area contributed by atoms with Crippen LogP contribution in [0.4, 0.5) is 0 Å². The Labute approximate surface area is 110 Å². The van der Waals surface area contributed by atoms with Gasteiger partial charge in [-0.05, 0) is 26.0 Å². The maximum atomic E-state index is 11.9. The van der Waals surface area contributed by atoms with Crippen LogP contribution in [0, 0.1) is 0 Å². The van der Waals surface area contributed by atoms with Gasteiger partial charge < -0.3 is 14.5 Å². The van der Waals surface area contributed by atoms with Crippen molar-refractivity contribution in [3.63, 3.8) is 0 Å². The summed E-state index contributed by atoms with van der Waals surface area (Å²) in [5, 5.41) is 0.730. The molecule has 0 atom stereocenters. The third-order valence-corrected chi connectivity index (χ3v) is 2.64. The molecule has 0 aliphatic rings. The molecular formula is C14H15NO4. The van der Waals surface area contributed by atoms with Crippen LogP contribution in [0.5, 0.6) is 5.75 Å². The number of rotatable bonds is 4. The molecule has 0 radical (unpaired) electrons. The van der Waals surface area contributed by atoms with Crippen LogP contribution in [-0.2, 0) is 4.74 Å². The number of benzene rings is 1. The lowest BCUT2D eigenvalue weighted by Gasteiger charge is -2.08. The zero-order valence-corrected chi connectivity index (χ0v) is 10.9. The van der Waals surface area contributed by atoms with Crippen LogP contribution in [0.2, 0.25) is 0 Å². The van der Waals surface area contributed by atoms with Gasteiger partial charge in [-0.2, -0.15) is 0 Å². The van der Waals surface area contributed by atoms with Crippen molar-refractivity contribution in [2.24, 2.45) is 0 Å². The molecule has 1 heterocycles. The Hall–Kier alpha value is -2.30. The monoisotopic (exact) mass is 261 g/mol. The Balaban J connectivity index is 2.58. The largest absolute Gasteiger partial charge is 0.492 e. The lowest BCUT2D eigenvalue weighted by molar-refractivity contribution is 0.0524. The Morgan fingerprint density at radius 1 is 1.26 bits per heavy atom. The number of esters is 1. The van der Waals surface area contributed by atoms with Gasteiger partial charge in [0, 0.05) is 5.39 Å². The van der Waals surface area contributed by atoms with Crippen molar-refractivity contribution in [3.05, 3.63) is 40.2 Å². The standard InChI is InChI=1S/C14H15NO4/c1-3-18-11-7-5-6-9-8-10(14(17)19-4-2)13(16)15-12(9)11/h5-8H,3-4H2,1-2H3,(H,15,16). The number of hydrogen-bond acceptors (Lipinski definition) is 4. The van der Waals surface area contributed by atoms with Crippen LogP contribution >= 0.6 is 0 Å². The molecule has 2 rings (SSSR count). The molecular weight excluding hydrogens is 246 g/mol. The predicted molar refractivity (Wildman–Crippen MR) is 71.7 cm³/mol. The Kier molecular flexibility index (Phi) is 3.85. The predicted octanol–water partition coefficient (Wildman–Crippen LogP) is 2.10. The molecule has 0 saturated carbocycles. The Morgan fingerprint density at radius 2 is 2.05 bits per heavy atom. The van der Waals surface area contributed by atoms with Gasteiger partial charge in [0.2, 0.25) is 0 Å². The van der Waals surface area contributed by atoms with E-state index in [0.29, 0.717) is 17.9 Å². The lowest BCUT2D eigenvalue weighted by Crippen LogP contribution is -2.19. The summed E-state index contributed by atoms with van der Waals surface area (Å²) in [6.45, 7) is 4.29. The van der Waals surface area contributed by atoms with Crippen LogP contribution in [0.3, 0.4) is 0 Å². The number of carbonyl (C=O) groups is 1. The molecule has 0 fully saturated rings. The number of hydrogen-bond donors (Lipinski definition) is 1. The number of H-pyrrole nitrogens is 1. The van der Waals surface area contributed by atoms with E-state index in [9.17, 15) is 9.59 Å². The van der Waals surface area contributed by atoms with E-state index < -0.39 is 11.5 Å². The van der Waals surface area contributed by atoms with Crippen LogP contribution in [0.1, 0.15) is 24.2 Å². The summed E-state index contributed by atoms with van der Waals surface area (Å²) >= 11 is 0. The second kappa shape index (κ2) is 5.56. The minimum atomic E-state index is -0.618. The maximum absolute atomic E-state index is 11.9. The van der Waals surface area contributed by atoms with Gasteiger partial charge in [0.15, 0.2) is 0 Å². The van der Waals surface area contributed by atoms with Gasteiger partial charge in [0.05, 0.1) is 18.7 Å². The van der Waals surface area contributed by atoms with Gasteiger partial charge >= 0.3 is 5.97 Å². The zero-order valence-electron chi connectivity index (χ0n) is 10.9. The lowest BCUT2D eigenvalue weighted by atomic mass is 10.1. The first-order valence-corrected chi connectivity index (χ1v) is 6.13. The highest BCUT2D eigenvalue weighted by Crippen LogP contribution is 2.22. The third-order valence-electron chi connectivity index (χ3n) is 2.64. The third kappa shape index (κ3) is 2.59. The molecule has 0 saturated heterocycles. The molecule has 0 amide bonds. The average molecular weight is 261 g/mol. The van der Waals surface area contributed by atoms with Gasteiger partial charge in [-0.1, -0.05) is 12.1 Å². The number of ether oxygens (including phenoxy) is 2. The summed E-state index contributed by atoms with van der Waals surface area (Å²) in [7, 11) is 0. The Morgan fingerprint density at radius 3 is 2.74 bits per heavy atom. The second-order valence-corrected chi connectivity index (χ2v) is 3.89. The van der Waals surface area contributed by atoms with E-state index in [1.165, 1.54) is 6.07 Å². The summed E-state index contributed by atoms with van der Waals surface area (Å²) in [5.41, 5.74) is 0.114. The van der Waals surface area contributed by atoms with Crippen LogP contribution in [-0.4, -0.2) is 24.2 Å². The summed E-state index contributed by atoms with van der Waals surface area (Å²) in [6, 6.07) is 6.90. The van der Waals surface area contributed by atoms with Crippen LogP contribution < -0.4 is 10.3 Å². The minimum absolute atomic E-state index is 0.00278. The van der Waals surface area contributed by atoms with Gasteiger partial charge in [-0.25, -0.2) is 4.79 Å². The van der Waals surface area contributed by atoms with E-state index in [2.05, 4.69) is 4.98 Å². The van der Waals surface area contributed by atoms with Gasteiger partial charge in [0.25, 0.3) is 5.56 Å². The summed E-state index contributed by atoms with van der Waals surface area (Å²) in [5.74, 6) is -0.0278. The highest BCUT2D eigenvalue weighted by atomic mass is 16.5. The van der Waals surface area contributed by atoms with E-state index >= 15 is 0 Å². The first-order valence-electron chi connectivity index (χ1n) is 6.13. The fourth-order valence-corrected chi connectivity index (χ4v) is 1.84. The normalized spacial score (nSPS) is 10.4. The first-order chi connectivity index (χ1) is 9.17. The molecule has 0 aliphatic carbocycles. The molecule has 1 aromatic carbocycles. The number of carbonyl (C=O) groups excluding carboxylic acids is 1. The number of para-hydroxylation sites is 1. The van der Waals surface area contributed by atoms with E-state index in [0.717, 1.165) is 5.39 Å². The smallest absolute Gasteiger partial charge is 0.343 e. The number of pyridine rings is 1. The molecule has 1 N–H and O–H groups in total. The van der Waals surface area contributed by atoms with Crippen molar-refractivity contribution in [2.75, 3.05) is 13.2 Å². The highest BCUT2D eigenvalue weighted by molar-refractivity contribution is 5.94. The van der Waals surface area contributed by atoms with Crippen molar-refractivity contribution in [2.45, 2.75) is 13.8 Å². The molecule has 5 heteroatoms. The molecule has 100 valence electrons. The second-order valence-electron chi connectivity index (χ2n) is 3.89. The molecule has 0 bridgehead atoms. The minimum Gasteiger partial charge on any atom is -0.492 e. The number of nitrogens with one attached hydrogen (secondary N) is 1. The van der Waals surface area contributed by atoms with Crippen LogP contribution in [0.25, 0.3) is 10.9 Å². The first kappa shape index (κ1) is 13.1. The van der Waals surface area contributed by atoms with E-state index in [1.807, 2.05) is 6.92 Å². The quantitative estimate of drug-likeness (QED) is 0.856. The SMILES string of the molecule is CCOC(=O)c1cc2cccc(OCC)c2[nH]c1=O. The summed E-state index contributed by atoms with van der Waals surface area (Å²) < 4.78 is 10.3. The fourth-order valence-electron chi connectivity index (χ4n) is 1.84. The fraction of sp³-hybridized carbons (Fsp3) is 0.286. The zero-order chi connectivity index (χ0) is 13.8. The highest BCUT2D eigenvalue weighted by Gasteiger charge is 2.14. The van der Waals surface area contributed by atoms with Crippen molar-refractivity contribution in [3.8, 4) is 5.75 Å². The summed E-state index contributed by atoms with van der Waals surface area (Å²) in [6.07, 6.45) is 0. The molecule has 19 heavy (non-hydrogen) atoms.